The van der Waals surface area contributed by atoms with Gasteiger partial charge in [0.05, 0.1) is 11.6 Å². The molecule has 0 spiro atoms. The van der Waals surface area contributed by atoms with Gasteiger partial charge in [-0.1, -0.05) is 12.1 Å². The summed E-state index contributed by atoms with van der Waals surface area (Å²) >= 11 is 0. The predicted molar refractivity (Wildman–Crippen MR) is 76.8 cm³/mol. The third-order valence-corrected chi connectivity index (χ3v) is 4.33. The molecule has 0 amide bonds. The van der Waals surface area contributed by atoms with Crippen LogP contribution in [0.15, 0.2) is 24.4 Å². The van der Waals surface area contributed by atoms with Crippen LogP contribution >= 0.6 is 0 Å². The maximum atomic E-state index is 11.4. The number of benzene rings is 1. The zero-order valence-electron chi connectivity index (χ0n) is 11.6. The molecule has 4 nitrogen and oxygen atoms in total. The molecule has 1 heterocycles. The van der Waals surface area contributed by atoms with Crippen molar-refractivity contribution >= 4 is 23.0 Å². The molecule has 0 bridgehead atoms. The molecule has 1 aromatic carbocycles. The number of aldehydes is 1. The van der Waals surface area contributed by atoms with Gasteiger partial charge in [-0.3, -0.25) is 14.3 Å². The van der Waals surface area contributed by atoms with Crippen LogP contribution in [-0.4, -0.2) is 21.8 Å². The van der Waals surface area contributed by atoms with Crippen molar-refractivity contribution in [2.75, 3.05) is 0 Å². The average molecular weight is 270 g/mol. The van der Waals surface area contributed by atoms with E-state index in [0.717, 1.165) is 42.9 Å². The number of hydrogen-bond donors (Lipinski definition) is 0. The molecule has 0 unspecified atom stereocenters. The van der Waals surface area contributed by atoms with Crippen LogP contribution in [0.3, 0.4) is 0 Å². The van der Waals surface area contributed by atoms with Crippen molar-refractivity contribution in [2.45, 2.75) is 38.6 Å². The van der Waals surface area contributed by atoms with Crippen LogP contribution in [0, 0.1) is 5.92 Å². The fourth-order valence-electron chi connectivity index (χ4n) is 3.06. The summed E-state index contributed by atoms with van der Waals surface area (Å²) < 4.78 is 2.01. The number of hydrogen-bond acceptors (Lipinski definition) is 3. The number of rotatable bonds is 3. The summed E-state index contributed by atoms with van der Waals surface area (Å²) in [5, 5.41) is 5.65. The topological polar surface area (TPSA) is 52.0 Å². The number of ketones is 1. The van der Waals surface area contributed by atoms with E-state index >= 15 is 0 Å². The zero-order valence-corrected chi connectivity index (χ0v) is 11.6. The summed E-state index contributed by atoms with van der Waals surface area (Å²) in [6.07, 6.45) is 6.79. The van der Waals surface area contributed by atoms with Crippen molar-refractivity contribution in [1.82, 2.24) is 9.78 Å². The minimum absolute atomic E-state index is 0.234. The highest BCUT2D eigenvalue weighted by atomic mass is 16.1. The molecule has 20 heavy (non-hydrogen) atoms. The lowest BCUT2D eigenvalue weighted by atomic mass is 9.84. The Kier molecular flexibility index (Phi) is 3.38. The second-order valence-electron chi connectivity index (χ2n) is 5.66. The van der Waals surface area contributed by atoms with Gasteiger partial charge in [0.25, 0.3) is 0 Å². The SMILES string of the molecule is CC(=O)[C@H]1CC[C@H](n2cc3ccc(C=O)cc3n2)CC1. The van der Waals surface area contributed by atoms with Crippen LogP contribution in [-0.2, 0) is 4.79 Å². The Morgan fingerprint density at radius 1 is 1.30 bits per heavy atom. The number of fused-ring (bicyclic) bond motifs is 1. The molecule has 0 saturated heterocycles. The molecular formula is C16H18N2O2. The normalized spacial score (nSPS) is 22.9. The van der Waals surface area contributed by atoms with Crippen molar-refractivity contribution < 1.29 is 9.59 Å². The molecule has 104 valence electrons. The monoisotopic (exact) mass is 270 g/mol. The quantitative estimate of drug-likeness (QED) is 0.805. The van der Waals surface area contributed by atoms with Gasteiger partial charge in [-0.25, -0.2) is 0 Å². The van der Waals surface area contributed by atoms with Gasteiger partial charge in [0, 0.05) is 23.1 Å². The molecule has 1 fully saturated rings. The van der Waals surface area contributed by atoms with Gasteiger partial charge in [0.15, 0.2) is 0 Å². The highest BCUT2D eigenvalue weighted by Crippen LogP contribution is 2.33. The first-order chi connectivity index (χ1) is 9.67. The summed E-state index contributed by atoms with van der Waals surface area (Å²) in [5.74, 6) is 0.544. The van der Waals surface area contributed by atoms with Crippen molar-refractivity contribution in [2.24, 2.45) is 5.92 Å². The molecule has 0 N–H and O–H groups in total. The fourth-order valence-corrected chi connectivity index (χ4v) is 3.06. The van der Waals surface area contributed by atoms with Crippen LogP contribution in [0.5, 0.6) is 0 Å². The van der Waals surface area contributed by atoms with E-state index in [4.69, 9.17) is 0 Å². The Morgan fingerprint density at radius 3 is 2.70 bits per heavy atom. The van der Waals surface area contributed by atoms with E-state index in [-0.39, 0.29) is 5.92 Å². The lowest BCUT2D eigenvalue weighted by Crippen LogP contribution is -2.22. The smallest absolute Gasteiger partial charge is 0.150 e. The van der Waals surface area contributed by atoms with Crippen molar-refractivity contribution in [3.05, 3.63) is 30.0 Å². The van der Waals surface area contributed by atoms with E-state index in [1.807, 2.05) is 29.1 Å². The average Bonchev–Trinajstić information content (AvgIpc) is 2.90. The molecule has 2 aromatic rings. The lowest BCUT2D eigenvalue weighted by molar-refractivity contribution is -0.121. The van der Waals surface area contributed by atoms with E-state index in [1.54, 1.807) is 6.92 Å². The van der Waals surface area contributed by atoms with Crippen LogP contribution in [0.2, 0.25) is 0 Å². The second-order valence-corrected chi connectivity index (χ2v) is 5.66. The molecule has 0 atom stereocenters. The van der Waals surface area contributed by atoms with Crippen molar-refractivity contribution in [1.29, 1.82) is 0 Å². The lowest BCUT2D eigenvalue weighted by Gasteiger charge is -2.27. The zero-order chi connectivity index (χ0) is 14.1. The first-order valence-corrected chi connectivity index (χ1v) is 7.12. The van der Waals surface area contributed by atoms with Gasteiger partial charge >= 0.3 is 0 Å². The largest absolute Gasteiger partial charge is 0.300 e. The standard InChI is InChI=1S/C16H18N2O2/c1-11(20)13-4-6-15(7-5-13)18-9-14-3-2-12(10-19)8-16(14)17-18/h2-3,8-10,13,15H,4-7H2,1H3/t13-,15-. The minimum Gasteiger partial charge on any atom is -0.300 e. The number of Topliss-reactive ketones (excluding diaryl/α,β-unsaturated/α-hetero) is 1. The molecule has 1 saturated carbocycles. The van der Waals surface area contributed by atoms with Crippen LogP contribution in [0.25, 0.3) is 10.9 Å². The Morgan fingerprint density at radius 2 is 2.05 bits per heavy atom. The molecule has 1 aliphatic rings. The Labute approximate surface area is 117 Å². The van der Waals surface area contributed by atoms with Gasteiger partial charge in [-0.05, 0) is 38.7 Å². The third kappa shape index (κ3) is 2.38. The number of carbonyl (C=O) groups excluding carboxylic acids is 2. The summed E-state index contributed by atoms with van der Waals surface area (Å²) in [7, 11) is 0. The van der Waals surface area contributed by atoms with Gasteiger partial charge in [0.1, 0.15) is 12.1 Å². The van der Waals surface area contributed by atoms with Crippen molar-refractivity contribution in [3.63, 3.8) is 0 Å². The van der Waals surface area contributed by atoms with Gasteiger partial charge in [-0.15, -0.1) is 0 Å². The first-order valence-electron chi connectivity index (χ1n) is 7.12. The number of aromatic nitrogens is 2. The van der Waals surface area contributed by atoms with E-state index in [2.05, 4.69) is 5.10 Å². The molecule has 1 aliphatic carbocycles. The van der Waals surface area contributed by atoms with E-state index in [9.17, 15) is 9.59 Å². The molecule has 3 rings (SSSR count). The Hall–Kier alpha value is -1.97. The molecule has 0 aliphatic heterocycles. The van der Waals surface area contributed by atoms with Crippen molar-refractivity contribution in [3.8, 4) is 0 Å². The summed E-state index contributed by atoms with van der Waals surface area (Å²) in [4.78, 5) is 22.2. The third-order valence-electron chi connectivity index (χ3n) is 4.33. The Balaban J connectivity index is 1.81. The Bertz CT molecular complexity index is 652. The summed E-state index contributed by atoms with van der Waals surface area (Å²) in [5.41, 5.74) is 1.52. The van der Waals surface area contributed by atoms with Gasteiger partial charge < -0.3 is 0 Å². The van der Waals surface area contributed by atoms with Gasteiger partial charge in [-0.2, -0.15) is 5.10 Å². The van der Waals surface area contributed by atoms with E-state index in [1.165, 1.54) is 0 Å². The molecule has 4 heteroatoms. The van der Waals surface area contributed by atoms with Crippen LogP contribution < -0.4 is 0 Å². The highest BCUT2D eigenvalue weighted by molar-refractivity contribution is 5.86. The number of carbonyl (C=O) groups is 2. The minimum atomic E-state index is 0.234. The van der Waals surface area contributed by atoms with E-state index < -0.39 is 0 Å². The summed E-state index contributed by atoms with van der Waals surface area (Å²) in [6, 6.07) is 5.94. The fraction of sp³-hybridized carbons (Fsp3) is 0.438. The maximum absolute atomic E-state index is 11.4. The maximum Gasteiger partial charge on any atom is 0.150 e. The van der Waals surface area contributed by atoms with Crippen LogP contribution in [0.4, 0.5) is 0 Å². The predicted octanol–water partition coefficient (Wildman–Crippen LogP) is 3.17. The number of nitrogens with zero attached hydrogens (tertiary/aromatic N) is 2. The van der Waals surface area contributed by atoms with Gasteiger partial charge in [0.2, 0.25) is 0 Å². The van der Waals surface area contributed by atoms with Crippen LogP contribution in [0.1, 0.15) is 49.0 Å². The summed E-state index contributed by atoms with van der Waals surface area (Å²) in [6.45, 7) is 1.69. The van der Waals surface area contributed by atoms with E-state index in [0.29, 0.717) is 17.4 Å². The highest BCUT2D eigenvalue weighted by Gasteiger charge is 2.25. The molecular weight excluding hydrogens is 252 g/mol. The first kappa shape index (κ1) is 13.0. The second kappa shape index (κ2) is 5.19. The molecule has 0 radical (unpaired) electrons. The molecule has 1 aromatic heterocycles.